The molecule has 0 bridgehead atoms. The molecule has 0 fully saturated rings. The second kappa shape index (κ2) is 9.91. The molecule has 0 spiro atoms. The van der Waals surface area contributed by atoms with Gasteiger partial charge in [-0.1, -0.05) is 54.1 Å². The highest BCUT2D eigenvalue weighted by molar-refractivity contribution is 7.90. The number of carbonyl (C=O) groups excluding carboxylic acids is 1. The van der Waals surface area contributed by atoms with Crippen molar-refractivity contribution in [3.05, 3.63) is 119 Å². The van der Waals surface area contributed by atoms with E-state index >= 15 is 0 Å². The maximum Gasteiger partial charge on any atom is 0.343 e. The van der Waals surface area contributed by atoms with Crippen LogP contribution in [0.15, 0.2) is 106 Å². The molecule has 1 aliphatic rings. The van der Waals surface area contributed by atoms with Gasteiger partial charge in [0.05, 0.1) is 19.2 Å². The van der Waals surface area contributed by atoms with Gasteiger partial charge in [-0.25, -0.2) is 4.79 Å². The van der Waals surface area contributed by atoms with E-state index in [2.05, 4.69) is 4.40 Å². The van der Waals surface area contributed by atoms with Gasteiger partial charge in [0.25, 0.3) is 10.0 Å². The van der Waals surface area contributed by atoms with E-state index in [-0.39, 0.29) is 11.4 Å². The molecule has 0 radical (unpaired) electrons. The standard InChI is InChI=1S/C29H24N2O5S/c1-20-14-16-23(17-15-20)31(28-25-11-4-6-13-27(25)37(33,34)30-28)19-22-8-3-5-12-26(22)36-29(32)21-9-7-10-24(18-21)35-2/h3-18H,19H2,1-2H3. The Balaban J connectivity index is 1.53. The van der Waals surface area contributed by atoms with Crippen LogP contribution in [0.1, 0.15) is 27.0 Å². The number of benzene rings is 4. The Hall–Kier alpha value is -4.43. The van der Waals surface area contributed by atoms with E-state index in [9.17, 15) is 13.2 Å². The van der Waals surface area contributed by atoms with Crippen molar-refractivity contribution in [3.63, 3.8) is 0 Å². The molecule has 7 nitrogen and oxygen atoms in total. The van der Waals surface area contributed by atoms with E-state index in [4.69, 9.17) is 9.47 Å². The van der Waals surface area contributed by atoms with Gasteiger partial charge in [0.15, 0.2) is 5.84 Å². The van der Waals surface area contributed by atoms with Crippen molar-refractivity contribution in [2.45, 2.75) is 18.4 Å². The van der Waals surface area contributed by atoms with E-state index in [0.717, 1.165) is 11.3 Å². The number of anilines is 1. The van der Waals surface area contributed by atoms with Crippen LogP contribution in [0.4, 0.5) is 5.69 Å². The summed E-state index contributed by atoms with van der Waals surface area (Å²) in [4.78, 5) is 14.9. The highest BCUT2D eigenvalue weighted by atomic mass is 32.2. The molecule has 1 aliphatic heterocycles. The highest BCUT2D eigenvalue weighted by Gasteiger charge is 2.32. The first kappa shape index (κ1) is 24.3. The van der Waals surface area contributed by atoms with Gasteiger partial charge < -0.3 is 14.4 Å². The molecule has 4 aromatic rings. The Morgan fingerprint density at radius 3 is 2.41 bits per heavy atom. The molecule has 8 heteroatoms. The van der Waals surface area contributed by atoms with Crippen LogP contribution in [-0.4, -0.2) is 27.3 Å². The predicted octanol–water partition coefficient (Wildman–Crippen LogP) is 5.38. The third-order valence-electron chi connectivity index (χ3n) is 6.02. The lowest BCUT2D eigenvalue weighted by atomic mass is 10.1. The second-order valence-electron chi connectivity index (χ2n) is 8.54. The predicted molar refractivity (Wildman–Crippen MR) is 142 cm³/mol. The van der Waals surface area contributed by atoms with Crippen LogP contribution < -0.4 is 14.4 Å². The SMILES string of the molecule is COc1cccc(C(=O)Oc2ccccc2CN(C2=NS(=O)(=O)c3ccccc32)c2ccc(C)cc2)c1. The molecule has 0 unspecified atom stereocenters. The van der Waals surface area contributed by atoms with Crippen LogP contribution in [0.25, 0.3) is 0 Å². The number of fused-ring (bicyclic) bond motifs is 1. The number of methoxy groups -OCH3 is 1. The van der Waals surface area contributed by atoms with Crippen LogP contribution >= 0.6 is 0 Å². The smallest absolute Gasteiger partial charge is 0.343 e. The lowest BCUT2D eigenvalue weighted by Crippen LogP contribution is -2.30. The number of carbonyl (C=O) groups is 1. The molecule has 0 atom stereocenters. The molecule has 0 aliphatic carbocycles. The molecular formula is C29H24N2O5S. The number of nitrogens with zero attached hydrogens (tertiary/aromatic N) is 2. The van der Waals surface area contributed by atoms with Gasteiger partial charge in [0.2, 0.25) is 0 Å². The topological polar surface area (TPSA) is 85.3 Å². The van der Waals surface area contributed by atoms with Crippen molar-refractivity contribution in [2.24, 2.45) is 4.40 Å². The summed E-state index contributed by atoms with van der Waals surface area (Å²) in [5.74, 6) is 0.697. The minimum absolute atomic E-state index is 0.167. The number of sulfonamides is 1. The summed E-state index contributed by atoms with van der Waals surface area (Å²) in [6, 6.07) is 28.4. The van der Waals surface area contributed by atoms with Gasteiger partial charge in [-0.15, -0.1) is 4.40 Å². The van der Waals surface area contributed by atoms with Gasteiger partial charge in [-0.2, -0.15) is 8.42 Å². The van der Waals surface area contributed by atoms with Crippen molar-refractivity contribution in [1.82, 2.24) is 0 Å². The Morgan fingerprint density at radius 1 is 0.892 bits per heavy atom. The minimum atomic E-state index is -3.83. The molecule has 186 valence electrons. The van der Waals surface area contributed by atoms with Crippen molar-refractivity contribution in [3.8, 4) is 11.5 Å². The lowest BCUT2D eigenvalue weighted by molar-refractivity contribution is 0.0732. The van der Waals surface area contributed by atoms with Gasteiger partial charge in [0, 0.05) is 16.8 Å². The number of aryl methyl sites for hydroxylation is 1. The van der Waals surface area contributed by atoms with Crippen LogP contribution in [0.2, 0.25) is 0 Å². The first-order valence-corrected chi connectivity index (χ1v) is 13.0. The van der Waals surface area contributed by atoms with Crippen LogP contribution in [0.5, 0.6) is 11.5 Å². The molecular weight excluding hydrogens is 488 g/mol. The molecule has 0 saturated carbocycles. The molecule has 5 rings (SSSR count). The average Bonchev–Trinajstić information content (AvgIpc) is 3.19. The van der Waals surface area contributed by atoms with E-state index in [1.165, 1.54) is 7.11 Å². The average molecular weight is 513 g/mol. The normalized spacial score (nSPS) is 13.4. The number of ether oxygens (including phenoxy) is 2. The molecule has 37 heavy (non-hydrogen) atoms. The van der Waals surface area contributed by atoms with E-state index in [1.54, 1.807) is 60.7 Å². The van der Waals surface area contributed by atoms with Crippen LogP contribution in [-0.2, 0) is 16.6 Å². The first-order chi connectivity index (χ1) is 17.9. The van der Waals surface area contributed by atoms with Gasteiger partial charge in [-0.05, 0) is 55.5 Å². The molecule has 0 amide bonds. The minimum Gasteiger partial charge on any atom is -0.497 e. The molecule has 0 aromatic heterocycles. The first-order valence-electron chi connectivity index (χ1n) is 11.6. The maximum atomic E-state index is 12.9. The number of esters is 1. The fourth-order valence-corrected chi connectivity index (χ4v) is 5.32. The number of amidine groups is 1. The van der Waals surface area contributed by atoms with Gasteiger partial charge >= 0.3 is 5.97 Å². The van der Waals surface area contributed by atoms with Crippen molar-refractivity contribution in [1.29, 1.82) is 0 Å². The van der Waals surface area contributed by atoms with Gasteiger partial charge in [-0.3, -0.25) is 0 Å². The molecule has 0 saturated heterocycles. The number of para-hydroxylation sites is 1. The summed E-state index contributed by atoms with van der Waals surface area (Å²) >= 11 is 0. The summed E-state index contributed by atoms with van der Waals surface area (Å²) < 4.78 is 40.8. The third kappa shape index (κ3) is 4.96. The maximum absolute atomic E-state index is 12.9. The summed E-state index contributed by atoms with van der Waals surface area (Å²) in [5.41, 5.74) is 3.38. The summed E-state index contributed by atoms with van der Waals surface area (Å²) in [6.07, 6.45) is 0. The quantitative estimate of drug-likeness (QED) is 0.255. The van der Waals surface area contributed by atoms with Crippen molar-refractivity contribution >= 4 is 27.5 Å². The van der Waals surface area contributed by atoms with E-state index in [0.29, 0.717) is 34.0 Å². The number of hydrogen-bond donors (Lipinski definition) is 0. The van der Waals surface area contributed by atoms with E-state index in [1.807, 2.05) is 48.2 Å². The van der Waals surface area contributed by atoms with Crippen LogP contribution in [0.3, 0.4) is 0 Å². The zero-order valence-corrected chi connectivity index (χ0v) is 21.1. The summed E-state index contributed by atoms with van der Waals surface area (Å²) in [6.45, 7) is 2.20. The highest BCUT2D eigenvalue weighted by Crippen LogP contribution is 2.32. The Labute approximate surface area is 215 Å². The zero-order valence-electron chi connectivity index (χ0n) is 20.3. The summed E-state index contributed by atoms with van der Waals surface area (Å²) in [5, 5.41) is 0. The van der Waals surface area contributed by atoms with Crippen molar-refractivity contribution in [2.75, 3.05) is 12.0 Å². The molecule has 1 heterocycles. The van der Waals surface area contributed by atoms with Crippen LogP contribution in [0, 0.1) is 6.92 Å². The second-order valence-corrected chi connectivity index (χ2v) is 10.1. The van der Waals surface area contributed by atoms with Gasteiger partial charge in [0.1, 0.15) is 16.4 Å². The Bertz CT molecular complexity index is 1610. The third-order valence-corrected chi connectivity index (χ3v) is 7.35. The fraction of sp³-hybridized carbons (Fsp3) is 0.103. The Kier molecular flexibility index (Phi) is 6.50. The summed E-state index contributed by atoms with van der Waals surface area (Å²) in [7, 11) is -2.30. The number of hydrogen-bond acceptors (Lipinski definition) is 6. The molecule has 0 N–H and O–H groups in total. The van der Waals surface area contributed by atoms with Crippen molar-refractivity contribution < 1.29 is 22.7 Å². The molecule has 4 aromatic carbocycles. The number of rotatable bonds is 6. The van der Waals surface area contributed by atoms with E-state index < -0.39 is 16.0 Å². The lowest BCUT2D eigenvalue weighted by Gasteiger charge is -2.26. The fourth-order valence-electron chi connectivity index (χ4n) is 4.11. The Morgan fingerprint density at radius 2 is 1.62 bits per heavy atom. The largest absolute Gasteiger partial charge is 0.497 e. The monoisotopic (exact) mass is 512 g/mol. The zero-order chi connectivity index (χ0) is 26.0.